The van der Waals surface area contributed by atoms with Gasteiger partial charge in [-0.15, -0.1) is 0 Å². The van der Waals surface area contributed by atoms with Crippen molar-refractivity contribution >= 4 is 11.6 Å². The Morgan fingerprint density at radius 1 is 1.12 bits per heavy atom. The van der Waals surface area contributed by atoms with Crippen LogP contribution in [0.3, 0.4) is 0 Å². The van der Waals surface area contributed by atoms with Gasteiger partial charge in [0.1, 0.15) is 23.4 Å². The van der Waals surface area contributed by atoms with Gasteiger partial charge in [-0.05, 0) is 55.3 Å². The van der Waals surface area contributed by atoms with Crippen LogP contribution in [0.4, 0.5) is 17.6 Å². The number of ether oxygens (including phenoxy) is 1. The standard InChI is InChI=1S/C17H16ClF4NO/c1-10-7-13(5-6-16(10)19)24-14-4-3-12(15(18)8-14)9-23-11(2)17(20,21)22/h3-8,11,23H,9H2,1-2H3. The van der Waals surface area contributed by atoms with Gasteiger partial charge in [-0.25, -0.2) is 4.39 Å². The summed E-state index contributed by atoms with van der Waals surface area (Å²) in [7, 11) is 0. The number of hydrogen-bond donors (Lipinski definition) is 1. The highest BCUT2D eigenvalue weighted by atomic mass is 35.5. The Labute approximate surface area is 142 Å². The van der Waals surface area contributed by atoms with Crippen LogP contribution in [0.25, 0.3) is 0 Å². The first-order valence-electron chi connectivity index (χ1n) is 7.19. The molecule has 0 aliphatic carbocycles. The molecule has 1 atom stereocenters. The number of benzene rings is 2. The zero-order valence-corrected chi connectivity index (χ0v) is 13.8. The molecule has 0 bridgehead atoms. The molecule has 0 heterocycles. The molecular weight excluding hydrogens is 346 g/mol. The lowest BCUT2D eigenvalue weighted by atomic mass is 10.2. The normalized spacial score (nSPS) is 13.0. The lowest BCUT2D eigenvalue weighted by Crippen LogP contribution is -2.39. The first-order chi connectivity index (χ1) is 11.2. The molecule has 0 saturated carbocycles. The van der Waals surface area contributed by atoms with Gasteiger partial charge in [0.15, 0.2) is 0 Å². The van der Waals surface area contributed by atoms with Crippen molar-refractivity contribution in [1.29, 1.82) is 0 Å². The van der Waals surface area contributed by atoms with Gasteiger partial charge in [0, 0.05) is 11.6 Å². The van der Waals surface area contributed by atoms with Gasteiger partial charge in [0.25, 0.3) is 0 Å². The third kappa shape index (κ3) is 4.85. The van der Waals surface area contributed by atoms with Crippen molar-refractivity contribution in [2.75, 3.05) is 0 Å². The van der Waals surface area contributed by atoms with E-state index in [0.29, 0.717) is 22.6 Å². The van der Waals surface area contributed by atoms with Gasteiger partial charge in [0.2, 0.25) is 0 Å². The molecule has 0 fully saturated rings. The van der Waals surface area contributed by atoms with Gasteiger partial charge in [0.05, 0.1) is 0 Å². The molecule has 0 aromatic heterocycles. The third-order valence-electron chi connectivity index (χ3n) is 3.48. The molecular formula is C17H16ClF4NO. The summed E-state index contributed by atoms with van der Waals surface area (Å²) in [4.78, 5) is 0. The average Bonchev–Trinajstić information content (AvgIpc) is 2.49. The summed E-state index contributed by atoms with van der Waals surface area (Å²) in [6.07, 6.45) is -4.31. The van der Waals surface area contributed by atoms with Crippen molar-refractivity contribution in [2.24, 2.45) is 0 Å². The van der Waals surface area contributed by atoms with Gasteiger partial charge in [-0.3, -0.25) is 0 Å². The van der Waals surface area contributed by atoms with Gasteiger partial charge >= 0.3 is 6.18 Å². The molecule has 0 saturated heterocycles. The van der Waals surface area contributed by atoms with Gasteiger partial charge < -0.3 is 10.1 Å². The summed E-state index contributed by atoms with van der Waals surface area (Å²) in [6, 6.07) is 7.38. The highest BCUT2D eigenvalue weighted by Gasteiger charge is 2.35. The molecule has 24 heavy (non-hydrogen) atoms. The monoisotopic (exact) mass is 361 g/mol. The van der Waals surface area contributed by atoms with E-state index in [2.05, 4.69) is 5.32 Å². The minimum Gasteiger partial charge on any atom is -0.457 e. The summed E-state index contributed by atoms with van der Waals surface area (Å²) >= 11 is 6.09. The number of hydrogen-bond acceptors (Lipinski definition) is 2. The summed E-state index contributed by atoms with van der Waals surface area (Å²) in [5.74, 6) is 0.528. The second kappa shape index (κ2) is 7.40. The SMILES string of the molecule is Cc1cc(Oc2ccc(CNC(C)C(F)(F)F)c(Cl)c2)ccc1F. The zero-order valence-electron chi connectivity index (χ0n) is 13.0. The minimum absolute atomic E-state index is 0.0184. The van der Waals surface area contributed by atoms with E-state index in [4.69, 9.17) is 16.3 Å². The largest absolute Gasteiger partial charge is 0.457 e. The molecule has 0 aliphatic rings. The lowest BCUT2D eigenvalue weighted by Gasteiger charge is -2.17. The zero-order chi connectivity index (χ0) is 17.9. The molecule has 0 amide bonds. The summed E-state index contributed by atoms with van der Waals surface area (Å²) < 4.78 is 56.2. The van der Waals surface area contributed by atoms with Crippen molar-refractivity contribution in [3.05, 3.63) is 58.4 Å². The Hall–Kier alpha value is -1.79. The molecule has 2 rings (SSSR count). The maximum absolute atomic E-state index is 13.2. The van der Waals surface area contributed by atoms with Gasteiger partial charge in [-0.2, -0.15) is 13.2 Å². The Kier molecular flexibility index (Phi) is 5.72. The number of halogens is 5. The first kappa shape index (κ1) is 18.5. The van der Waals surface area contributed by atoms with E-state index in [1.807, 2.05) is 0 Å². The minimum atomic E-state index is -4.31. The molecule has 1 N–H and O–H groups in total. The van der Waals surface area contributed by atoms with Crippen LogP contribution in [-0.2, 0) is 6.54 Å². The van der Waals surface area contributed by atoms with Crippen LogP contribution < -0.4 is 10.1 Å². The van der Waals surface area contributed by atoms with Crippen LogP contribution in [-0.4, -0.2) is 12.2 Å². The third-order valence-corrected chi connectivity index (χ3v) is 3.83. The number of aryl methyl sites for hydroxylation is 1. The Morgan fingerprint density at radius 2 is 1.75 bits per heavy atom. The van der Waals surface area contributed by atoms with Gasteiger partial charge in [-0.1, -0.05) is 17.7 Å². The van der Waals surface area contributed by atoms with E-state index < -0.39 is 12.2 Å². The quantitative estimate of drug-likeness (QED) is 0.698. The van der Waals surface area contributed by atoms with E-state index in [1.54, 1.807) is 25.1 Å². The molecule has 2 aromatic rings. The molecule has 2 aromatic carbocycles. The average molecular weight is 362 g/mol. The fourth-order valence-corrected chi connectivity index (χ4v) is 2.17. The van der Waals surface area contributed by atoms with Crippen LogP contribution in [0.15, 0.2) is 36.4 Å². The first-order valence-corrected chi connectivity index (χ1v) is 7.57. The molecule has 0 spiro atoms. The molecule has 0 radical (unpaired) electrons. The topological polar surface area (TPSA) is 21.3 Å². The van der Waals surface area contributed by atoms with Crippen LogP contribution in [0.5, 0.6) is 11.5 Å². The van der Waals surface area contributed by atoms with Crippen molar-refractivity contribution in [3.63, 3.8) is 0 Å². The second-order valence-corrected chi connectivity index (χ2v) is 5.82. The van der Waals surface area contributed by atoms with Crippen LogP contribution in [0.1, 0.15) is 18.1 Å². The van der Waals surface area contributed by atoms with Crippen molar-refractivity contribution in [1.82, 2.24) is 5.32 Å². The fraction of sp³-hybridized carbons (Fsp3) is 0.294. The summed E-state index contributed by atoms with van der Waals surface area (Å²) in [6.45, 7) is 2.64. The van der Waals surface area contributed by atoms with E-state index >= 15 is 0 Å². The maximum atomic E-state index is 13.2. The maximum Gasteiger partial charge on any atom is 0.403 e. The Balaban J connectivity index is 2.05. The molecule has 2 nitrogen and oxygen atoms in total. The molecule has 0 aliphatic heterocycles. The van der Waals surface area contributed by atoms with Crippen molar-refractivity contribution in [3.8, 4) is 11.5 Å². The molecule has 1 unspecified atom stereocenters. The van der Waals surface area contributed by atoms with Crippen molar-refractivity contribution < 1.29 is 22.3 Å². The number of rotatable bonds is 5. The summed E-state index contributed by atoms with van der Waals surface area (Å²) in [5.41, 5.74) is 0.968. The van der Waals surface area contributed by atoms with E-state index in [-0.39, 0.29) is 17.4 Å². The van der Waals surface area contributed by atoms with Crippen LogP contribution in [0, 0.1) is 12.7 Å². The van der Waals surface area contributed by atoms with E-state index in [9.17, 15) is 17.6 Å². The Morgan fingerprint density at radius 3 is 2.33 bits per heavy atom. The van der Waals surface area contributed by atoms with Crippen molar-refractivity contribution in [2.45, 2.75) is 32.6 Å². The van der Waals surface area contributed by atoms with Crippen LogP contribution in [0.2, 0.25) is 5.02 Å². The lowest BCUT2D eigenvalue weighted by molar-refractivity contribution is -0.151. The molecule has 130 valence electrons. The highest BCUT2D eigenvalue weighted by molar-refractivity contribution is 6.31. The number of alkyl halides is 3. The predicted octanol–water partition coefficient (Wildman–Crippen LogP) is 5.62. The predicted molar refractivity (Wildman–Crippen MR) is 85.0 cm³/mol. The van der Waals surface area contributed by atoms with E-state index in [1.165, 1.54) is 18.2 Å². The Bertz CT molecular complexity index is 718. The summed E-state index contributed by atoms with van der Waals surface area (Å²) in [5, 5.41) is 2.66. The molecule has 7 heteroatoms. The second-order valence-electron chi connectivity index (χ2n) is 5.41. The fourth-order valence-electron chi connectivity index (χ4n) is 1.93. The smallest absolute Gasteiger partial charge is 0.403 e. The highest BCUT2D eigenvalue weighted by Crippen LogP contribution is 2.28. The number of nitrogens with one attached hydrogen (secondary N) is 1. The van der Waals surface area contributed by atoms with E-state index in [0.717, 1.165) is 6.92 Å². The van der Waals surface area contributed by atoms with Crippen LogP contribution >= 0.6 is 11.6 Å².